The molecule has 2 fully saturated rings. The van der Waals surface area contributed by atoms with E-state index in [1.54, 1.807) is 0 Å². The highest BCUT2D eigenvalue weighted by Crippen LogP contribution is 2.43. The summed E-state index contributed by atoms with van der Waals surface area (Å²) in [5.41, 5.74) is 1.12. The minimum absolute atomic E-state index is 0.140. The van der Waals surface area contributed by atoms with Crippen LogP contribution in [0.5, 0.6) is 0 Å². The molecule has 0 aromatic heterocycles. The fourth-order valence-corrected chi connectivity index (χ4v) is 2.21. The minimum Gasteiger partial charge on any atom is -0.368 e. The predicted molar refractivity (Wildman–Crippen MR) is 53.0 cm³/mol. The molecule has 0 spiro atoms. The van der Waals surface area contributed by atoms with Crippen LogP contribution in [-0.2, 0) is 15.1 Å². The summed E-state index contributed by atoms with van der Waals surface area (Å²) in [4.78, 5) is 0. The highest BCUT2D eigenvalue weighted by atomic mass is 16.6. The van der Waals surface area contributed by atoms with Crippen molar-refractivity contribution in [2.24, 2.45) is 0 Å². The molecular formula is C12H14O2. The van der Waals surface area contributed by atoms with Gasteiger partial charge in [0, 0.05) is 6.42 Å². The Labute approximate surface area is 83.8 Å². The molecule has 74 valence electrons. The van der Waals surface area contributed by atoms with E-state index in [0.29, 0.717) is 12.2 Å². The van der Waals surface area contributed by atoms with Gasteiger partial charge in [-0.3, -0.25) is 0 Å². The van der Waals surface area contributed by atoms with Gasteiger partial charge in [0.25, 0.3) is 0 Å². The van der Waals surface area contributed by atoms with E-state index in [4.69, 9.17) is 9.47 Å². The first-order valence-electron chi connectivity index (χ1n) is 5.13. The van der Waals surface area contributed by atoms with Crippen LogP contribution in [0.3, 0.4) is 0 Å². The molecule has 0 amide bonds. The van der Waals surface area contributed by atoms with Crippen LogP contribution in [0.4, 0.5) is 0 Å². The van der Waals surface area contributed by atoms with Crippen molar-refractivity contribution in [3.05, 3.63) is 35.9 Å². The number of rotatable bonds is 1. The zero-order valence-electron chi connectivity index (χ0n) is 8.27. The molecule has 1 aromatic carbocycles. The molecule has 2 aliphatic rings. The zero-order chi connectivity index (χ0) is 9.60. The molecule has 0 saturated carbocycles. The third-order valence-corrected chi connectivity index (χ3v) is 3.23. The van der Waals surface area contributed by atoms with Crippen LogP contribution in [-0.4, -0.2) is 18.8 Å². The first kappa shape index (κ1) is 8.45. The second-order valence-corrected chi connectivity index (χ2v) is 4.32. The molecule has 0 radical (unpaired) electrons. The maximum Gasteiger partial charge on any atom is 0.108 e. The van der Waals surface area contributed by atoms with Crippen molar-refractivity contribution in [1.29, 1.82) is 0 Å². The number of hydrogen-bond donors (Lipinski definition) is 0. The minimum atomic E-state index is -0.140. The average molecular weight is 190 g/mol. The van der Waals surface area contributed by atoms with Crippen molar-refractivity contribution in [3.63, 3.8) is 0 Å². The fraction of sp³-hybridized carbons (Fsp3) is 0.500. The van der Waals surface area contributed by atoms with Crippen LogP contribution < -0.4 is 0 Å². The Morgan fingerprint density at radius 3 is 2.71 bits per heavy atom. The number of fused-ring (bicyclic) bond motifs is 1. The van der Waals surface area contributed by atoms with Gasteiger partial charge in [-0.2, -0.15) is 0 Å². The molecule has 2 heteroatoms. The van der Waals surface area contributed by atoms with Crippen molar-refractivity contribution < 1.29 is 9.47 Å². The summed E-state index contributed by atoms with van der Waals surface area (Å²) in [6.45, 7) is 2.90. The third kappa shape index (κ3) is 1.26. The van der Waals surface area contributed by atoms with Crippen LogP contribution in [0.1, 0.15) is 18.9 Å². The van der Waals surface area contributed by atoms with Gasteiger partial charge in [-0.15, -0.1) is 0 Å². The van der Waals surface area contributed by atoms with E-state index in [2.05, 4.69) is 31.2 Å². The second-order valence-electron chi connectivity index (χ2n) is 4.32. The van der Waals surface area contributed by atoms with Crippen LogP contribution in [0.25, 0.3) is 0 Å². The Balaban J connectivity index is 1.89. The van der Waals surface area contributed by atoms with E-state index in [1.165, 1.54) is 5.56 Å². The van der Waals surface area contributed by atoms with Crippen LogP contribution in [0.2, 0.25) is 0 Å². The van der Waals surface area contributed by atoms with E-state index in [1.807, 2.05) is 6.07 Å². The molecule has 2 nitrogen and oxygen atoms in total. The quantitative estimate of drug-likeness (QED) is 0.632. The lowest BCUT2D eigenvalue weighted by atomic mass is 9.88. The lowest BCUT2D eigenvalue weighted by Crippen LogP contribution is -2.34. The monoisotopic (exact) mass is 190 g/mol. The molecule has 1 aromatic rings. The highest BCUT2D eigenvalue weighted by Gasteiger charge is 2.50. The summed E-state index contributed by atoms with van der Waals surface area (Å²) in [6, 6.07) is 10.4. The number of benzene rings is 1. The predicted octanol–water partition coefficient (Wildman–Crippen LogP) is 2.09. The van der Waals surface area contributed by atoms with Gasteiger partial charge < -0.3 is 9.47 Å². The van der Waals surface area contributed by atoms with Crippen LogP contribution in [0, 0.1) is 0 Å². The van der Waals surface area contributed by atoms with E-state index >= 15 is 0 Å². The van der Waals surface area contributed by atoms with E-state index in [0.717, 1.165) is 13.0 Å². The Hall–Kier alpha value is -0.860. The first-order valence-corrected chi connectivity index (χ1v) is 5.13. The lowest BCUT2D eigenvalue weighted by Gasteiger charge is -2.32. The molecule has 0 N–H and O–H groups in total. The van der Waals surface area contributed by atoms with Gasteiger partial charge in [-0.1, -0.05) is 30.3 Å². The standard InChI is InChI=1S/C12H14O2/c1-12(9-5-3-2-4-6-9)7-10-11(14-10)8-13-12/h2-6,10-11H,7-8H2,1H3/t10?,11-,12+/m1/s1. The fourth-order valence-electron chi connectivity index (χ4n) is 2.21. The molecule has 2 aliphatic heterocycles. The highest BCUT2D eigenvalue weighted by molar-refractivity contribution is 5.23. The summed E-state index contributed by atoms with van der Waals surface area (Å²) in [5.74, 6) is 0. The van der Waals surface area contributed by atoms with Crippen molar-refractivity contribution in [1.82, 2.24) is 0 Å². The van der Waals surface area contributed by atoms with E-state index in [9.17, 15) is 0 Å². The van der Waals surface area contributed by atoms with Crippen LogP contribution >= 0.6 is 0 Å². The van der Waals surface area contributed by atoms with Crippen molar-refractivity contribution in [3.8, 4) is 0 Å². The molecule has 3 atom stereocenters. The second kappa shape index (κ2) is 2.81. The Morgan fingerprint density at radius 2 is 2.00 bits per heavy atom. The normalized spacial score (nSPS) is 40.4. The Morgan fingerprint density at radius 1 is 1.21 bits per heavy atom. The first-order chi connectivity index (χ1) is 6.78. The van der Waals surface area contributed by atoms with Gasteiger partial charge in [0.2, 0.25) is 0 Å². The van der Waals surface area contributed by atoms with Gasteiger partial charge >= 0.3 is 0 Å². The van der Waals surface area contributed by atoms with Crippen LogP contribution in [0.15, 0.2) is 30.3 Å². The summed E-state index contributed by atoms with van der Waals surface area (Å²) in [5, 5.41) is 0. The largest absolute Gasteiger partial charge is 0.368 e. The van der Waals surface area contributed by atoms with Crippen molar-refractivity contribution in [2.75, 3.05) is 6.61 Å². The molecule has 3 rings (SSSR count). The maximum absolute atomic E-state index is 5.88. The van der Waals surface area contributed by atoms with Gasteiger partial charge in [0.05, 0.1) is 18.3 Å². The van der Waals surface area contributed by atoms with Crippen molar-refractivity contribution >= 4 is 0 Å². The average Bonchev–Trinajstić information content (AvgIpc) is 2.97. The Bertz CT molecular complexity index is 335. The Kier molecular flexibility index (Phi) is 1.70. The summed E-state index contributed by atoms with van der Waals surface area (Å²) < 4.78 is 11.4. The van der Waals surface area contributed by atoms with E-state index < -0.39 is 0 Å². The number of hydrogen-bond acceptors (Lipinski definition) is 2. The molecular weight excluding hydrogens is 176 g/mol. The smallest absolute Gasteiger partial charge is 0.108 e. The van der Waals surface area contributed by atoms with Gasteiger partial charge in [-0.25, -0.2) is 0 Å². The topological polar surface area (TPSA) is 21.8 Å². The molecule has 0 aliphatic carbocycles. The third-order valence-electron chi connectivity index (χ3n) is 3.23. The maximum atomic E-state index is 5.88. The molecule has 0 bridgehead atoms. The molecule has 1 unspecified atom stereocenters. The zero-order valence-corrected chi connectivity index (χ0v) is 8.27. The van der Waals surface area contributed by atoms with Gasteiger partial charge in [-0.05, 0) is 12.5 Å². The van der Waals surface area contributed by atoms with Gasteiger partial charge in [0.1, 0.15) is 6.10 Å². The molecule has 2 heterocycles. The van der Waals surface area contributed by atoms with Gasteiger partial charge in [0.15, 0.2) is 0 Å². The molecule has 14 heavy (non-hydrogen) atoms. The molecule has 2 saturated heterocycles. The summed E-state index contributed by atoms with van der Waals surface area (Å²) in [7, 11) is 0. The summed E-state index contributed by atoms with van der Waals surface area (Å²) >= 11 is 0. The number of epoxide rings is 1. The number of ether oxygens (including phenoxy) is 2. The van der Waals surface area contributed by atoms with E-state index in [-0.39, 0.29) is 5.60 Å². The van der Waals surface area contributed by atoms with Crippen molar-refractivity contribution in [2.45, 2.75) is 31.2 Å². The SMILES string of the molecule is C[C@@]1(c2ccccc2)CC2O[C@@H]2CO1. The lowest BCUT2D eigenvalue weighted by molar-refractivity contribution is -0.0577. The summed E-state index contributed by atoms with van der Waals surface area (Å²) in [6.07, 6.45) is 1.81.